The average molecular weight is 394 g/mol. The quantitative estimate of drug-likeness (QED) is 0.854. The minimum atomic E-state index is 0. The van der Waals surface area contributed by atoms with Crippen molar-refractivity contribution in [3.05, 3.63) is 22.2 Å². The largest absolute Gasteiger partial charge is 0.493 e. The lowest BCUT2D eigenvalue weighted by molar-refractivity contribution is 0.0655. The molecule has 1 fully saturated rings. The van der Waals surface area contributed by atoms with Gasteiger partial charge in [0.2, 0.25) is 0 Å². The Hall–Kier alpha value is -0.980. The summed E-state index contributed by atoms with van der Waals surface area (Å²) >= 11 is 3.46. The van der Waals surface area contributed by atoms with Crippen LogP contribution in [0.25, 0.3) is 0 Å². The van der Waals surface area contributed by atoms with Gasteiger partial charge in [0.1, 0.15) is 0 Å². The summed E-state index contributed by atoms with van der Waals surface area (Å²) in [5.74, 6) is 1.22. The molecular formula is C15H22BrClN2O3. The van der Waals surface area contributed by atoms with Crippen LogP contribution in [-0.4, -0.2) is 50.2 Å². The Morgan fingerprint density at radius 2 is 2.23 bits per heavy atom. The summed E-state index contributed by atoms with van der Waals surface area (Å²) in [6.45, 7) is 6.86. The monoisotopic (exact) mass is 392 g/mol. The molecule has 0 aliphatic carbocycles. The van der Waals surface area contributed by atoms with E-state index < -0.39 is 0 Å². The summed E-state index contributed by atoms with van der Waals surface area (Å²) in [5.41, 5.74) is 0.607. The van der Waals surface area contributed by atoms with E-state index in [1.807, 2.05) is 18.7 Å². The number of ether oxygens (including phenoxy) is 2. The molecule has 5 nitrogen and oxygen atoms in total. The Kier molecular flexibility index (Phi) is 7.45. The lowest BCUT2D eigenvalue weighted by Gasteiger charge is -2.34. The van der Waals surface area contributed by atoms with E-state index in [9.17, 15) is 4.79 Å². The molecule has 1 saturated heterocycles. The third-order valence-electron chi connectivity index (χ3n) is 3.53. The van der Waals surface area contributed by atoms with Crippen LogP contribution in [0.3, 0.4) is 0 Å². The molecule has 1 aromatic rings. The first-order chi connectivity index (χ1) is 10.1. The molecular weight excluding hydrogens is 372 g/mol. The van der Waals surface area contributed by atoms with Crippen LogP contribution in [0.1, 0.15) is 24.2 Å². The second kappa shape index (κ2) is 8.60. The van der Waals surface area contributed by atoms with E-state index in [0.29, 0.717) is 30.2 Å². The maximum absolute atomic E-state index is 12.7. The smallest absolute Gasteiger partial charge is 0.254 e. The zero-order valence-electron chi connectivity index (χ0n) is 13.0. The fourth-order valence-electron chi connectivity index (χ4n) is 2.44. The highest BCUT2D eigenvalue weighted by atomic mass is 79.9. The van der Waals surface area contributed by atoms with Crippen LogP contribution in [0.4, 0.5) is 0 Å². The van der Waals surface area contributed by atoms with Gasteiger partial charge in [0.15, 0.2) is 11.5 Å². The molecule has 0 saturated carbocycles. The van der Waals surface area contributed by atoms with Gasteiger partial charge in [-0.2, -0.15) is 0 Å². The SMILES string of the molecule is CCOc1c(Br)cc(C(=O)N2CCNC[C@@H]2C)cc1OC.Cl. The molecule has 1 aromatic carbocycles. The van der Waals surface area contributed by atoms with Crippen molar-refractivity contribution in [2.45, 2.75) is 19.9 Å². The second-order valence-electron chi connectivity index (χ2n) is 4.97. The molecule has 1 heterocycles. The first-order valence-corrected chi connectivity index (χ1v) is 7.89. The van der Waals surface area contributed by atoms with Gasteiger partial charge in [-0.3, -0.25) is 4.79 Å². The third-order valence-corrected chi connectivity index (χ3v) is 4.12. The van der Waals surface area contributed by atoms with E-state index in [1.165, 1.54) is 0 Å². The number of hydrogen-bond acceptors (Lipinski definition) is 4. The zero-order chi connectivity index (χ0) is 15.4. The number of halogens is 2. The Labute approximate surface area is 145 Å². The number of rotatable bonds is 4. The van der Waals surface area contributed by atoms with Crippen LogP contribution >= 0.6 is 28.3 Å². The predicted molar refractivity (Wildman–Crippen MR) is 92.5 cm³/mol. The molecule has 1 aliphatic rings. The molecule has 1 amide bonds. The lowest BCUT2D eigenvalue weighted by Crippen LogP contribution is -2.52. The van der Waals surface area contributed by atoms with Crippen molar-refractivity contribution in [3.63, 3.8) is 0 Å². The van der Waals surface area contributed by atoms with E-state index in [1.54, 1.807) is 19.2 Å². The normalized spacial score (nSPS) is 17.6. The lowest BCUT2D eigenvalue weighted by atomic mass is 10.1. The Morgan fingerprint density at radius 1 is 1.50 bits per heavy atom. The summed E-state index contributed by atoms with van der Waals surface area (Å²) in [6.07, 6.45) is 0. The third kappa shape index (κ3) is 4.06. The number of hydrogen-bond donors (Lipinski definition) is 1. The molecule has 7 heteroatoms. The van der Waals surface area contributed by atoms with E-state index >= 15 is 0 Å². The zero-order valence-corrected chi connectivity index (χ0v) is 15.4. The topological polar surface area (TPSA) is 50.8 Å². The Balaban J connectivity index is 0.00000242. The van der Waals surface area contributed by atoms with Gasteiger partial charge < -0.3 is 19.7 Å². The van der Waals surface area contributed by atoms with E-state index in [2.05, 4.69) is 21.2 Å². The van der Waals surface area contributed by atoms with Crippen LogP contribution in [0.15, 0.2) is 16.6 Å². The summed E-state index contributed by atoms with van der Waals surface area (Å²) in [7, 11) is 1.58. The first kappa shape index (κ1) is 19.1. The number of carbonyl (C=O) groups excluding carboxylic acids is 1. The number of carbonyl (C=O) groups is 1. The van der Waals surface area contributed by atoms with Crippen molar-refractivity contribution in [1.82, 2.24) is 10.2 Å². The van der Waals surface area contributed by atoms with Crippen molar-refractivity contribution < 1.29 is 14.3 Å². The fourth-order valence-corrected chi connectivity index (χ4v) is 2.99. The minimum absolute atomic E-state index is 0. The highest BCUT2D eigenvalue weighted by Gasteiger charge is 2.25. The van der Waals surface area contributed by atoms with Crippen molar-refractivity contribution in [1.29, 1.82) is 0 Å². The van der Waals surface area contributed by atoms with Gasteiger partial charge in [-0.25, -0.2) is 0 Å². The molecule has 0 unspecified atom stereocenters. The Bertz CT molecular complexity index is 528. The van der Waals surface area contributed by atoms with Gasteiger partial charge in [0.25, 0.3) is 5.91 Å². The molecule has 22 heavy (non-hydrogen) atoms. The highest BCUT2D eigenvalue weighted by molar-refractivity contribution is 9.10. The van der Waals surface area contributed by atoms with Gasteiger partial charge in [-0.15, -0.1) is 12.4 Å². The van der Waals surface area contributed by atoms with Gasteiger partial charge in [-0.05, 0) is 41.9 Å². The maximum atomic E-state index is 12.7. The van der Waals surface area contributed by atoms with Crippen LogP contribution in [0.5, 0.6) is 11.5 Å². The highest BCUT2D eigenvalue weighted by Crippen LogP contribution is 2.37. The van der Waals surface area contributed by atoms with Gasteiger partial charge in [0.05, 0.1) is 18.2 Å². The fraction of sp³-hybridized carbons (Fsp3) is 0.533. The van der Waals surface area contributed by atoms with Gasteiger partial charge in [0, 0.05) is 31.2 Å². The summed E-state index contributed by atoms with van der Waals surface area (Å²) in [4.78, 5) is 14.6. The summed E-state index contributed by atoms with van der Waals surface area (Å²) < 4.78 is 11.6. The van der Waals surface area contributed by atoms with E-state index in [0.717, 1.165) is 17.6 Å². The minimum Gasteiger partial charge on any atom is -0.493 e. The Morgan fingerprint density at radius 3 is 2.82 bits per heavy atom. The van der Waals surface area contributed by atoms with E-state index in [-0.39, 0.29) is 24.4 Å². The number of amides is 1. The first-order valence-electron chi connectivity index (χ1n) is 7.10. The van der Waals surface area contributed by atoms with Crippen LogP contribution in [0, 0.1) is 0 Å². The average Bonchev–Trinajstić information content (AvgIpc) is 2.49. The number of nitrogens with one attached hydrogen (secondary N) is 1. The molecule has 2 rings (SSSR count). The molecule has 0 bridgehead atoms. The van der Waals surface area contributed by atoms with Crippen molar-refractivity contribution in [2.24, 2.45) is 0 Å². The number of benzene rings is 1. The number of piperazine rings is 1. The molecule has 1 aliphatic heterocycles. The second-order valence-corrected chi connectivity index (χ2v) is 5.83. The molecule has 1 atom stereocenters. The molecule has 0 spiro atoms. The molecule has 124 valence electrons. The number of nitrogens with zero attached hydrogens (tertiary/aromatic N) is 1. The van der Waals surface area contributed by atoms with Crippen LogP contribution in [-0.2, 0) is 0 Å². The number of methoxy groups -OCH3 is 1. The molecule has 0 radical (unpaired) electrons. The van der Waals surface area contributed by atoms with Gasteiger partial charge in [-0.1, -0.05) is 0 Å². The van der Waals surface area contributed by atoms with Crippen LogP contribution < -0.4 is 14.8 Å². The van der Waals surface area contributed by atoms with Gasteiger partial charge >= 0.3 is 0 Å². The molecule has 1 N–H and O–H groups in total. The standard InChI is InChI=1S/C15H21BrN2O3.ClH/c1-4-21-14-12(16)7-11(8-13(14)20-3)15(19)18-6-5-17-9-10(18)2;/h7-8,10,17H,4-6,9H2,1-3H3;1H/t10-;/m0./s1. The molecule has 0 aromatic heterocycles. The predicted octanol–water partition coefficient (Wildman–Crippen LogP) is 2.71. The van der Waals surface area contributed by atoms with E-state index in [4.69, 9.17) is 9.47 Å². The summed E-state index contributed by atoms with van der Waals surface area (Å²) in [6, 6.07) is 3.72. The van der Waals surface area contributed by atoms with Crippen molar-refractivity contribution in [3.8, 4) is 11.5 Å². The van der Waals surface area contributed by atoms with Crippen molar-refractivity contribution >= 4 is 34.2 Å². The van der Waals surface area contributed by atoms with Crippen molar-refractivity contribution in [2.75, 3.05) is 33.4 Å². The summed E-state index contributed by atoms with van der Waals surface area (Å²) in [5, 5.41) is 3.28. The maximum Gasteiger partial charge on any atom is 0.254 e. The van der Waals surface area contributed by atoms with Crippen LogP contribution in [0.2, 0.25) is 0 Å².